The number of anilines is 1. The van der Waals surface area contributed by atoms with Crippen LogP contribution in [0, 0.1) is 10.1 Å². The molecule has 0 bridgehead atoms. The van der Waals surface area contributed by atoms with E-state index in [2.05, 4.69) is 5.43 Å². The van der Waals surface area contributed by atoms with Gasteiger partial charge in [0.1, 0.15) is 5.69 Å². The summed E-state index contributed by atoms with van der Waals surface area (Å²) in [7, 11) is 0. The molecule has 3 N–H and O–H groups in total. The number of nitrogens with two attached hydrogens (primary N) is 1. The number of benzene rings is 1. The number of carbonyl (C=O) groups excluding carboxylic acids is 2. The van der Waals surface area contributed by atoms with Crippen LogP contribution in [-0.2, 0) is 11.3 Å². The van der Waals surface area contributed by atoms with Crippen LogP contribution >= 0.6 is 11.8 Å². The summed E-state index contributed by atoms with van der Waals surface area (Å²) in [5, 5.41) is 10.5. The topological polar surface area (TPSA) is 119 Å². The molecule has 0 spiro atoms. The highest BCUT2D eigenvalue weighted by atomic mass is 32.2. The summed E-state index contributed by atoms with van der Waals surface area (Å²) in [5.41, 5.74) is 2.68. The number of hydrogen-bond donors (Lipinski definition) is 2. The van der Waals surface area contributed by atoms with Gasteiger partial charge < -0.3 is 5.43 Å². The van der Waals surface area contributed by atoms with Crippen molar-refractivity contribution < 1.29 is 14.5 Å². The van der Waals surface area contributed by atoms with Gasteiger partial charge in [-0.25, -0.2) is 0 Å². The zero-order valence-electron chi connectivity index (χ0n) is 9.66. The summed E-state index contributed by atoms with van der Waals surface area (Å²) in [6, 6.07) is 4.30. The van der Waals surface area contributed by atoms with E-state index in [1.165, 1.54) is 12.1 Å². The van der Waals surface area contributed by atoms with Gasteiger partial charge >= 0.3 is 0 Å². The summed E-state index contributed by atoms with van der Waals surface area (Å²) in [5.74, 6) is 4.99. The normalized spacial score (nSPS) is 14.9. The highest BCUT2D eigenvalue weighted by Gasteiger charge is 2.30. The minimum atomic E-state index is -0.582. The first-order chi connectivity index (χ1) is 9.02. The Balaban J connectivity index is 2.26. The Bertz CT molecular complexity index is 546. The minimum absolute atomic E-state index is 0.0242. The number of imide groups is 1. The lowest BCUT2D eigenvalue weighted by Crippen LogP contribution is -2.27. The molecule has 2 rings (SSSR count). The molecule has 1 saturated heterocycles. The van der Waals surface area contributed by atoms with E-state index in [-0.39, 0.29) is 34.8 Å². The van der Waals surface area contributed by atoms with Gasteiger partial charge in [-0.3, -0.25) is 30.4 Å². The van der Waals surface area contributed by atoms with Crippen LogP contribution in [0.25, 0.3) is 0 Å². The largest absolute Gasteiger partial charge is 0.318 e. The van der Waals surface area contributed by atoms with Crippen molar-refractivity contribution in [1.29, 1.82) is 0 Å². The third kappa shape index (κ3) is 2.66. The molecule has 1 aromatic rings. The molecule has 0 saturated carbocycles. The van der Waals surface area contributed by atoms with Crippen LogP contribution in [0.1, 0.15) is 5.56 Å². The van der Waals surface area contributed by atoms with Crippen LogP contribution in [0.3, 0.4) is 0 Å². The van der Waals surface area contributed by atoms with E-state index in [4.69, 9.17) is 5.84 Å². The number of carbonyl (C=O) groups is 2. The van der Waals surface area contributed by atoms with Crippen molar-refractivity contribution in [3.8, 4) is 0 Å². The Morgan fingerprint density at radius 1 is 1.47 bits per heavy atom. The second kappa shape index (κ2) is 5.24. The Labute approximate surface area is 112 Å². The third-order valence-electron chi connectivity index (χ3n) is 2.60. The van der Waals surface area contributed by atoms with Gasteiger partial charge in [-0.1, -0.05) is 17.8 Å². The number of nitro groups is 1. The fraction of sp³-hybridized carbons (Fsp3) is 0.200. The number of hydrazine groups is 1. The molecule has 1 fully saturated rings. The van der Waals surface area contributed by atoms with E-state index in [1.807, 2.05) is 0 Å². The van der Waals surface area contributed by atoms with Gasteiger partial charge in [0, 0.05) is 6.07 Å². The van der Waals surface area contributed by atoms with Crippen molar-refractivity contribution in [2.45, 2.75) is 6.54 Å². The second-order valence-electron chi connectivity index (χ2n) is 3.79. The number of amides is 2. The molecule has 0 atom stereocenters. The predicted octanol–water partition coefficient (Wildman–Crippen LogP) is 1.08. The van der Waals surface area contributed by atoms with Crippen molar-refractivity contribution in [2.24, 2.45) is 5.84 Å². The average Bonchev–Trinajstić information content (AvgIpc) is 2.70. The summed E-state index contributed by atoms with van der Waals surface area (Å²) >= 11 is 0.922. The summed E-state index contributed by atoms with van der Waals surface area (Å²) < 4.78 is 0. The van der Waals surface area contributed by atoms with Crippen molar-refractivity contribution in [3.63, 3.8) is 0 Å². The molecule has 1 aliphatic rings. The van der Waals surface area contributed by atoms with Crippen LogP contribution in [0.2, 0.25) is 0 Å². The van der Waals surface area contributed by atoms with Gasteiger partial charge in [0.2, 0.25) is 5.91 Å². The SMILES string of the molecule is NNc1ccc(CN2C(=O)CSC2=O)cc1[N+](=O)[O-]. The van der Waals surface area contributed by atoms with Crippen LogP contribution < -0.4 is 11.3 Å². The van der Waals surface area contributed by atoms with Gasteiger partial charge in [0.05, 0.1) is 17.2 Å². The van der Waals surface area contributed by atoms with Crippen LogP contribution in [-0.4, -0.2) is 26.7 Å². The molecule has 1 aromatic carbocycles. The van der Waals surface area contributed by atoms with Gasteiger partial charge in [-0.2, -0.15) is 0 Å². The Kier molecular flexibility index (Phi) is 3.67. The first-order valence-corrected chi connectivity index (χ1v) is 6.22. The maximum atomic E-state index is 11.4. The Hall–Kier alpha value is -2.13. The zero-order valence-corrected chi connectivity index (χ0v) is 10.5. The fourth-order valence-electron chi connectivity index (χ4n) is 1.67. The molecular weight excluding hydrogens is 272 g/mol. The predicted molar refractivity (Wildman–Crippen MR) is 69.3 cm³/mol. The molecule has 0 aromatic heterocycles. The molecule has 0 radical (unpaired) electrons. The van der Waals surface area contributed by atoms with E-state index in [9.17, 15) is 19.7 Å². The van der Waals surface area contributed by atoms with E-state index >= 15 is 0 Å². The lowest BCUT2D eigenvalue weighted by Gasteiger charge is -2.13. The molecule has 100 valence electrons. The van der Waals surface area contributed by atoms with Crippen LogP contribution in [0.4, 0.5) is 16.2 Å². The van der Waals surface area contributed by atoms with Crippen molar-refractivity contribution in [2.75, 3.05) is 11.2 Å². The van der Waals surface area contributed by atoms with E-state index in [0.29, 0.717) is 5.56 Å². The standard InChI is InChI=1S/C10H10N4O4S/c11-12-7-2-1-6(3-8(7)14(17)18)4-13-9(15)5-19-10(13)16/h1-3,12H,4-5,11H2. The summed E-state index contributed by atoms with van der Waals surface area (Å²) in [6.45, 7) is 0.0242. The van der Waals surface area contributed by atoms with E-state index in [0.717, 1.165) is 16.7 Å². The molecule has 2 amide bonds. The first-order valence-electron chi connectivity index (χ1n) is 5.24. The monoisotopic (exact) mass is 282 g/mol. The number of nitrogen functional groups attached to an aromatic ring is 1. The highest BCUT2D eigenvalue weighted by Crippen LogP contribution is 2.27. The number of hydrogen-bond acceptors (Lipinski definition) is 7. The lowest BCUT2D eigenvalue weighted by molar-refractivity contribution is -0.384. The minimum Gasteiger partial charge on any atom is -0.318 e. The fourth-order valence-corrected chi connectivity index (χ4v) is 2.39. The first kappa shape index (κ1) is 13.3. The van der Waals surface area contributed by atoms with Crippen molar-refractivity contribution >= 4 is 34.3 Å². The van der Waals surface area contributed by atoms with Crippen molar-refractivity contribution in [3.05, 3.63) is 33.9 Å². The number of rotatable bonds is 4. The lowest BCUT2D eigenvalue weighted by atomic mass is 10.1. The van der Waals surface area contributed by atoms with Gasteiger partial charge in [0.25, 0.3) is 10.9 Å². The molecule has 0 aliphatic carbocycles. The smallest absolute Gasteiger partial charge is 0.293 e. The molecule has 9 heteroatoms. The Morgan fingerprint density at radius 2 is 2.21 bits per heavy atom. The molecule has 1 heterocycles. The van der Waals surface area contributed by atoms with Crippen LogP contribution in [0.5, 0.6) is 0 Å². The highest BCUT2D eigenvalue weighted by molar-refractivity contribution is 8.14. The third-order valence-corrected chi connectivity index (χ3v) is 3.45. The Morgan fingerprint density at radius 3 is 2.74 bits per heavy atom. The van der Waals surface area contributed by atoms with E-state index < -0.39 is 4.92 Å². The van der Waals surface area contributed by atoms with Gasteiger partial charge in [0.15, 0.2) is 0 Å². The molecule has 8 nitrogen and oxygen atoms in total. The molecular formula is C10H10N4O4S. The zero-order chi connectivity index (χ0) is 14.0. The summed E-state index contributed by atoms with van der Waals surface area (Å²) in [6.07, 6.45) is 0. The second-order valence-corrected chi connectivity index (χ2v) is 4.71. The molecule has 0 unspecified atom stereocenters. The van der Waals surface area contributed by atoms with Gasteiger partial charge in [-0.05, 0) is 11.6 Å². The molecule has 1 aliphatic heterocycles. The number of nitro benzene ring substituents is 1. The number of nitrogens with zero attached hydrogens (tertiary/aromatic N) is 2. The maximum Gasteiger partial charge on any atom is 0.293 e. The van der Waals surface area contributed by atoms with Gasteiger partial charge in [-0.15, -0.1) is 0 Å². The van der Waals surface area contributed by atoms with E-state index in [1.54, 1.807) is 6.07 Å². The average molecular weight is 282 g/mol. The number of nitrogens with one attached hydrogen (secondary N) is 1. The van der Waals surface area contributed by atoms with Crippen molar-refractivity contribution in [1.82, 2.24) is 4.90 Å². The quantitative estimate of drug-likeness (QED) is 0.481. The number of thioether (sulfide) groups is 1. The molecule has 19 heavy (non-hydrogen) atoms. The maximum absolute atomic E-state index is 11.4. The summed E-state index contributed by atoms with van der Waals surface area (Å²) in [4.78, 5) is 34.2. The van der Waals surface area contributed by atoms with Crippen LogP contribution in [0.15, 0.2) is 18.2 Å².